The second kappa shape index (κ2) is 4.99. The third kappa shape index (κ3) is 5.70. The van der Waals surface area contributed by atoms with Crippen LogP contribution in [0.5, 0.6) is 0 Å². The van der Waals surface area contributed by atoms with Crippen molar-refractivity contribution in [3.8, 4) is 0 Å². The van der Waals surface area contributed by atoms with E-state index in [1.165, 1.54) is 6.42 Å². The highest BCUT2D eigenvalue weighted by Crippen LogP contribution is 1.98. The molecule has 0 aliphatic carbocycles. The van der Waals surface area contributed by atoms with Gasteiger partial charge in [0, 0.05) is 4.91 Å². The molecule has 0 radical (unpaired) electrons. The quantitative estimate of drug-likeness (QED) is 0.253. The molecule has 0 rings (SSSR count). The molecule has 64 valence electrons. The minimum Gasteiger partial charge on any atom is -0.328 e. The Morgan fingerprint density at radius 3 is 2.45 bits per heavy atom. The predicted octanol–water partition coefficient (Wildman–Crippen LogP) is 1.78. The van der Waals surface area contributed by atoms with Crippen molar-refractivity contribution in [2.45, 2.75) is 13.3 Å². The van der Waals surface area contributed by atoms with Crippen LogP contribution in [0.4, 0.5) is 0 Å². The monoisotopic (exact) mass is 157 g/mol. The molecule has 0 N–H and O–H groups in total. The molecule has 0 saturated carbocycles. The van der Waals surface area contributed by atoms with Crippen molar-refractivity contribution < 1.29 is 4.48 Å². The minimum atomic E-state index is 0.601. The Morgan fingerprint density at radius 2 is 2.00 bits per heavy atom. The van der Waals surface area contributed by atoms with Gasteiger partial charge in [0.1, 0.15) is 0 Å². The van der Waals surface area contributed by atoms with E-state index in [1.54, 1.807) is 0 Å². The number of nitrogens with zero attached hydrogens (tertiary/aromatic N) is 4. The molecule has 0 spiro atoms. The lowest BCUT2D eigenvalue weighted by Gasteiger charge is -2.28. The van der Waals surface area contributed by atoms with E-state index in [0.29, 0.717) is 6.54 Å². The van der Waals surface area contributed by atoms with Crippen LogP contribution in [0.15, 0.2) is 5.11 Å². The SMILES string of the molecule is CCC[N+](C)(C)CCN=[N+]=[N-]. The summed E-state index contributed by atoms with van der Waals surface area (Å²) in [6.07, 6.45) is 1.17. The van der Waals surface area contributed by atoms with Gasteiger partial charge in [-0.25, -0.2) is 0 Å². The van der Waals surface area contributed by atoms with E-state index in [9.17, 15) is 0 Å². The number of azide groups is 1. The maximum Gasteiger partial charge on any atom is 0.0839 e. The van der Waals surface area contributed by atoms with E-state index in [2.05, 4.69) is 31.0 Å². The number of hydrogen-bond acceptors (Lipinski definition) is 1. The van der Waals surface area contributed by atoms with E-state index in [-0.39, 0.29) is 0 Å². The molecular formula is C7H17N4+. The van der Waals surface area contributed by atoms with Gasteiger partial charge in [-0.05, 0) is 12.0 Å². The second-order valence-corrected chi connectivity index (χ2v) is 3.34. The van der Waals surface area contributed by atoms with Crippen molar-refractivity contribution in [1.82, 2.24) is 0 Å². The van der Waals surface area contributed by atoms with Crippen molar-refractivity contribution >= 4 is 0 Å². The lowest BCUT2D eigenvalue weighted by Crippen LogP contribution is -2.42. The second-order valence-electron chi connectivity index (χ2n) is 3.34. The number of likely N-dealkylation sites (N-methyl/N-ethyl adjacent to an activating group) is 1. The molecule has 11 heavy (non-hydrogen) atoms. The molecule has 0 heterocycles. The van der Waals surface area contributed by atoms with Gasteiger partial charge in [-0.3, -0.25) is 0 Å². The first kappa shape index (κ1) is 10.3. The average molecular weight is 157 g/mol. The molecule has 0 aromatic heterocycles. The molecule has 0 aliphatic rings. The van der Waals surface area contributed by atoms with Crippen molar-refractivity contribution in [2.75, 3.05) is 33.7 Å². The van der Waals surface area contributed by atoms with Gasteiger partial charge >= 0.3 is 0 Å². The number of hydrogen-bond donors (Lipinski definition) is 0. The molecule has 0 unspecified atom stereocenters. The summed E-state index contributed by atoms with van der Waals surface area (Å²) in [5, 5.41) is 3.50. The number of quaternary nitrogens is 1. The van der Waals surface area contributed by atoms with Gasteiger partial charge in [0.2, 0.25) is 0 Å². The van der Waals surface area contributed by atoms with Gasteiger partial charge in [0.25, 0.3) is 0 Å². The molecule has 0 aromatic carbocycles. The van der Waals surface area contributed by atoms with Crippen LogP contribution < -0.4 is 0 Å². The van der Waals surface area contributed by atoms with E-state index >= 15 is 0 Å². The first-order valence-electron chi connectivity index (χ1n) is 3.95. The molecule has 4 heteroatoms. The molecule has 0 bridgehead atoms. The third-order valence-corrected chi connectivity index (χ3v) is 1.70. The van der Waals surface area contributed by atoms with Crippen LogP contribution in [0.25, 0.3) is 10.4 Å². The molecule has 0 amide bonds. The minimum absolute atomic E-state index is 0.601. The zero-order valence-corrected chi connectivity index (χ0v) is 7.62. The molecule has 0 fully saturated rings. The maximum atomic E-state index is 8.04. The van der Waals surface area contributed by atoms with E-state index in [1.807, 2.05) is 0 Å². The van der Waals surface area contributed by atoms with Gasteiger partial charge in [-0.15, -0.1) is 0 Å². The lowest BCUT2D eigenvalue weighted by molar-refractivity contribution is -0.888. The van der Waals surface area contributed by atoms with Gasteiger partial charge in [0.15, 0.2) is 0 Å². The van der Waals surface area contributed by atoms with Crippen LogP contribution in [0, 0.1) is 0 Å². The van der Waals surface area contributed by atoms with Crippen LogP contribution in [0.1, 0.15) is 13.3 Å². The van der Waals surface area contributed by atoms with Gasteiger partial charge in [0.05, 0.1) is 33.7 Å². The molecule has 4 nitrogen and oxygen atoms in total. The zero-order chi connectivity index (χ0) is 8.74. The summed E-state index contributed by atoms with van der Waals surface area (Å²) in [6, 6.07) is 0. The molecule has 0 aliphatic heterocycles. The summed E-state index contributed by atoms with van der Waals surface area (Å²) < 4.78 is 0.940. The van der Waals surface area contributed by atoms with Crippen LogP contribution in [0.3, 0.4) is 0 Å². The Hall–Kier alpha value is -0.730. The standard InChI is InChI=1S/C7H17N4/c1-4-6-11(2,3)7-5-9-10-8/h4-7H2,1-3H3/q+1. The summed E-state index contributed by atoms with van der Waals surface area (Å²) in [7, 11) is 4.30. The Labute approximate surface area is 68.0 Å². The van der Waals surface area contributed by atoms with Crippen LogP contribution in [-0.2, 0) is 0 Å². The topological polar surface area (TPSA) is 48.8 Å². The smallest absolute Gasteiger partial charge is 0.0839 e. The van der Waals surface area contributed by atoms with Crippen LogP contribution in [0.2, 0.25) is 0 Å². The summed E-state index contributed by atoms with van der Waals surface area (Å²) in [4.78, 5) is 2.71. The summed E-state index contributed by atoms with van der Waals surface area (Å²) in [5.74, 6) is 0. The third-order valence-electron chi connectivity index (χ3n) is 1.70. The summed E-state index contributed by atoms with van der Waals surface area (Å²) in [5.41, 5.74) is 8.04. The normalized spacial score (nSPS) is 10.8. The Bertz CT molecular complexity index is 147. The fourth-order valence-electron chi connectivity index (χ4n) is 1.08. The first-order chi connectivity index (χ1) is 5.12. The fourth-order valence-corrected chi connectivity index (χ4v) is 1.08. The van der Waals surface area contributed by atoms with E-state index in [4.69, 9.17) is 5.53 Å². The van der Waals surface area contributed by atoms with Gasteiger partial charge in [-0.2, -0.15) is 0 Å². The van der Waals surface area contributed by atoms with E-state index < -0.39 is 0 Å². The van der Waals surface area contributed by atoms with Crippen molar-refractivity contribution in [3.05, 3.63) is 10.4 Å². The van der Waals surface area contributed by atoms with Gasteiger partial charge in [-0.1, -0.05) is 12.0 Å². The molecule has 0 atom stereocenters. The summed E-state index contributed by atoms with van der Waals surface area (Å²) >= 11 is 0. The highest BCUT2D eigenvalue weighted by Gasteiger charge is 2.11. The largest absolute Gasteiger partial charge is 0.328 e. The highest BCUT2D eigenvalue weighted by molar-refractivity contribution is 4.44. The first-order valence-corrected chi connectivity index (χ1v) is 3.95. The molecule has 0 aromatic rings. The maximum absolute atomic E-state index is 8.04. The van der Waals surface area contributed by atoms with Crippen LogP contribution in [-0.4, -0.2) is 38.2 Å². The Balaban J connectivity index is 3.62. The molecular weight excluding hydrogens is 140 g/mol. The fraction of sp³-hybridized carbons (Fsp3) is 1.00. The Kier molecular flexibility index (Phi) is 4.66. The lowest BCUT2D eigenvalue weighted by atomic mass is 10.3. The highest BCUT2D eigenvalue weighted by atomic mass is 15.3. The summed E-state index contributed by atoms with van der Waals surface area (Å²) in [6.45, 7) is 4.83. The molecule has 0 saturated heterocycles. The van der Waals surface area contributed by atoms with E-state index in [0.717, 1.165) is 17.6 Å². The Morgan fingerprint density at radius 1 is 1.36 bits per heavy atom. The number of rotatable bonds is 5. The van der Waals surface area contributed by atoms with Crippen molar-refractivity contribution in [2.24, 2.45) is 5.11 Å². The van der Waals surface area contributed by atoms with Crippen LogP contribution >= 0.6 is 0 Å². The van der Waals surface area contributed by atoms with Gasteiger partial charge < -0.3 is 4.48 Å². The zero-order valence-electron chi connectivity index (χ0n) is 7.62. The predicted molar refractivity (Wildman–Crippen MR) is 46.1 cm³/mol. The van der Waals surface area contributed by atoms with Crippen molar-refractivity contribution in [3.63, 3.8) is 0 Å². The van der Waals surface area contributed by atoms with Crippen molar-refractivity contribution in [1.29, 1.82) is 0 Å². The average Bonchev–Trinajstić information content (AvgIpc) is 1.87.